The van der Waals surface area contributed by atoms with E-state index >= 15 is 0 Å². The highest BCUT2D eigenvalue weighted by atomic mass is 35.5. The van der Waals surface area contributed by atoms with Gasteiger partial charge in [0.1, 0.15) is 0 Å². The Balaban J connectivity index is 1.82. The Kier molecular flexibility index (Phi) is 5.61. The minimum atomic E-state index is -0.386. The van der Waals surface area contributed by atoms with E-state index in [0.717, 1.165) is 33.5 Å². The molecule has 1 amide bonds. The van der Waals surface area contributed by atoms with Crippen LogP contribution < -0.4 is 5.32 Å². The summed E-state index contributed by atoms with van der Waals surface area (Å²) < 4.78 is 1.75. The summed E-state index contributed by atoms with van der Waals surface area (Å²) in [5.41, 5.74) is 6.58. The van der Waals surface area contributed by atoms with E-state index in [2.05, 4.69) is 21.5 Å². The maximum absolute atomic E-state index is 13.0. The van der Waals surface area contributed by atoms with Crippen LogP contribution in [0, 0.1) is 27.7 Å². The number of carbonyl (C=O) groups excluding carboxylic acids is 1. The van der Waals surface area contributed by atoms with E-state index in [0.29, 0.717) is 16.5 Å². The second-order valence-corrected chi connectivity index (χ2v) is 8.18. The Morgan fingerprint density at radius 1 is 0.903 bits per heavy atom. The van der Waals surface area contributed by atoms with Crippen molar-refractivity contribution >= 4 is 23.2 Å². The Morgan fingerprint density at radius 3 is 2.42 bits per heavy atom. The van der Waals surface area contributed by atoms with E-state index in [1.54, 1.807) is 16.8 Å². The number of amides is 1. The van der Waals surface area contributed by atoms with Gasteiger partial charge in [0.05, 0.1) is 5.69 Å². The monoisotopic (exact) mass is 430 g/mol. The highest BCUT2D eigenvalue weighted by Gasteiger charge is 2.20. The lowest BCUT2D eigenvalue weighted by Crippen LogP contribution is -2.15. The van der Waals surface area contributed by atoms with E-state index in [1.165, 1.54) is 0 Å². The molecule has 0 spiro atoms. The number of rotatable bonds is 4. The molecule has 6 heteroatoms. The molecule has 4 aromatic rings. The molecule has 0 radical (unpaired) electrons. The minimum absolute atomic E-state index is 0.0942. The van der Waals surface area contributed by atoms with Crippen LogP contribution in [0.15, 0.2) is 60.7 Å². The maximum Gasteiger partial charge on any atom is 0.295 e. The van der Waals surface area contributed by atoms with Crippen LogP contribution in [-0.4, -0.2) is 20.7 Å². The summed E-state index contributed by atoms with van der Waals surface area (Å²) in [4.78, 5) is 17.7. The molecule has 0 saturated carbocycles. The lowest BCUT2D eigenvalue weighted by Gasteiger charge is -2.10. The van der Waals surface area contributed by atoms with Crippen molar-refractivity contribution in [3.63, 3.8) is 0 Å². The lowest BCUT2D eigenvalue weighted by molar-refractivity contribution is 0.101. The molecule has 0 aliphatic rings. The predicted octanol–water partition coefficient (Wildman–Crippen LogP) is 6.07. The first-order valence-electron chi connectivity index (χ1n) is 10.0. The molecule has 1 N–H and O–H groups in total. The second kappa shape index (κ2) is 8.36. The van der Waals surface area contributed by atoms with Crippen molar-refractivity contribution in [1.82, 2.24) is 14.8 Å². The molecule has 0 unspecified atom stereocenters. The molecule has 0 saturated heterocycles. The molecule has 3 aromatic carbocycles. The van der Waals surface area contributed by atoms with Crippen molar-refractivity contribution < 1.29 is 4.79 Å². The summed E-state index contributed by atoms with van der Waals surface area (Å²) in [6, 6.07) is 19.5. The summed E-state index contributed by atoms with van der Waals surface area (Å²) in [5, 5.41) is 8.03. The Hall–Kier alpha value is -3.44. The molecular weight excluding hydrogens is 408 g/mol. The third kappa shape index (κ3) is 4.37. The first kappa shape index (κ1) is 20.8. The number of nitrogens with zero attached hydrogens (tertiary/aromatic N) is 3. The number of halogens is 1. The fourth-order valence-corrected chi connectivity index (χ4v) is 3.57. The Morgan fingerprint density at radius 2 is 1.65 bits per heavy atom. The zero-order valence-electron chi connectivity index (χ0n) is 17.9. The largest absolute Gasteiger partial charge is 0.319 e. The third-order valence-electron chi connectivity index (χ3n) is 5.13. The van der Waals surface area contributed by atoms with E-state index < -0.39 is 0 Å². The molecule has 1 heterocycles. The van der Waals surface area contributed by atoms with Gasteiger partial charge in [0, 0.05) is 16.3 Å². The highest BCUT2D eigenvalue weighted by molar-refractivity contribution is 6.31. The quantitative estimate of drug-likeness (QED) is 0.427. The number of carbonyl (C=O) groups is 1. The topological polar surface area (TPSA) is 59.8 Å². The first-order valence-corrected chi connectivity index (χ1v) is 10.4. The maximum atomic E-state index is 13.0. The summed E-state index contributed by atoms with van der Waals surface area (Å²) in [6.45, 7) is 7.98. The average Bonchev–Trinajstić information content (AvgIpc) is 3.18. The van der Waals surface area contributed by atoms with Crippen LogP contribution in [0.4, 0.5) is 5.69 Å². The summed E-state index contributed by atoms with van der Waals surface area (Å²) in [7, 11) is 0. The van der Waals surface area contributed by atoms with E-state index in [1.807, 2.05) is 70.2 Å². The number of benzene rings is 3. The van der Waals surface area contributed by atoms with Crippen molar-refractivity contribution in [2.45, 2.75) is 27.7 Å². The van der Waals surface area contributed by atoms with Crippen LogP contribution in [0.25, 0.3) is 17.1 Å². The molecule has 0 aliphatic heterocycles. The Bertz CT molecular complexity index is 1290. The van der Waals surface area contributed by atoms with Gasteiger partial charge in [-0.15, -0.1) is 5.10 Å². The van der Waals surface area contributed by atoms with Crippen molar-refractivity contribution in [2.24, 2.45) is 0 Å². The summed E-state index contributed by atoms with van der Waals surface area (Å²) in [6.07, 6.45) is 0. The molecule has 0 bridgehead atoms. The van der Waals surface area contributed by atoms with Crippen LogP contribution in [0.1, 0.15) is 32.9 Å². The van der Waals surface area contributed by atoms with E-state index in [-0.39, 0.29) is 11.7 Å². The number of hydrogen-bond donors (Lipinski definition) is 1. The van der Waals surface area contributed by atoms with Crippen molar-refractivity contribution in [1.29, 1.82) is 0 Å². The standard InChI is InChI=1S/C25H23ClN4O/c1-15-6-5-7-19(12-15)24-28-23(25(31)27-21-14-20(26)11-10-17(21)3)29-30(24)22-13-16(2)8-9-18(22)4/h5-14H,1-4H3,(H,27,31). The fourth-order valence-electron chi connectivity index (χ4n) is 3.40. The normalized spacial score (nSPS) is 10.9. The summed E-state index contributed by atoms with van der Waals surface area (Å²) >= 11 is 6.10. The van der Waals surface area contributed by atoms with Crippen molar-refractivity contribution in [3.05, 3.63) is 93.8 Å². The number of aromatic nitrogens is 3. The molecule has 4 rings (SSSR count). The number of aryl methyl sites for hydroxylation is 4. The molecule has 0 fully saturated rings. The first-order chi connectivity index (χ1) is 14.8. The van der Waals surface area contributed by atoms with Gasteiger partial charge >= 0.3 is 0 Å². The average molecular weight is 431 g/mol. The van der Waals surface area contributed by atoms with Crippen LogP contribution in [-0.2, 0) is 0 Å². The molecule has 156 valence electrons. The zero-order valence-corrected chi connectivity index (χ0v) is 18.7. The van der Waals surface area contributed by atoms with Gasteiger partial charge < -0.3 is 5.32 Å². The SMILES string of the molecule is Cc1cccc(-c2nc(C(=O)Nc3cc(Cl)ccc3C)nn2-c2cc(C)ccc2C)c1. The van der Waals surface area contributed by atoms with Gasteiger partial charge in [-0.05, 0) is 68.7 Å². The van der Waals surface area contributed by atoms with Crippen LogP contribution in [0.2, 0.25) is 5.02 Å². The predicted molar refractivity (Wildman–Crippen MR) is 125 cm³/mol. The zero-order chi connectivity index (χ0) is 22.1. The number of hydrogen-bond acceptors (Lipinski definition) is 3. The molecular formula is C25H23ClN4O. The van der Waals surface area contributed by atoms with Gasteiger partial charge in [0.2, 0.25) is 5.82 Å². The van der Waals surface area contributed by atoms with E-state index in [9.17, 15) is 4.79 Å². The van der Waals surface area contributed by atoms with Gasteiger partial charge in [-0.25, -0.2) is 9.67 Å². The second-order valence-electron chi connectivity index (χ2n) is 7.74. The van der Waals surface area contributed by atoms with Crippen LogP contribution in [0.3, 0.4) is 0 Å². The summed E-state index contributed by atoms with van der Waals surface area (Å²) in [5.74, 6) is 0.325. The van der Waals surface area contributed by atoms with Gasteiger partial charge in [0.25, 0.3) is 5.91 Å². The fraction of sp³-hybridized carbons (Fsp3) is 0.160. The Labute approximate surface area is 186 Å². The van der Waals surface area contributed by atoms with Crippen molar-refractivity contribution in [3.8, 4) is 17.1 Å². The van der Waals surface area contributed by atoms with Gasteiger partial charge in [-0.1, -0.05) is 53.6 Å². The molecule has 1 aromatic heterocycles. The van der Waals surface area contributed by atoms with E-state index in [4.69, 9.17) is 11.6 Å². The third-order valence-corrected chi connectivity index (χ3v) is 5.36. The lowest BCUT2D eigenvalue weighted by atomic mass is 10.1. The number of anilines is 1. The molecule has 0 atom stereocenters. The van der Waals surface area contributed by atoms with Crippen LogP contribution >= 0.6 is 11.6 Å². The molecule has 5 nitrogen and oxygen atoms in total. The van der Waals surface area contributed by atoms with Gasteiger partial charge in [0.15, 0.2) is 5.82 Å². The molecule has 0 aliphatic carbocycles. The molecule has 31 heavy (non-hydrogen) atoms. The highest BCUT2D eigenvalue weighted by Crippen LogP contribution is 2.26. The van der Waals surface area contributed by atoms with Gasteiger partial charge in [-0.2, -0.15) is 0 Å². The van der Waals surface area contributed by atoms with Crippen LogP contribution in [0.5, 0.6) is 0 Å². The minimum Gasteiger partial charge on any atom is -0.319 e. The smallest absolute Gasteiger partial charge is 0.295 e. The van der Waals surface area contributed by atoms with Gasteiger partial charge in [-0.3, -0.25) is 4.79 Å². The van der Waals surface area contributed by atoms with Crippen molar-refractivity contribution in [2.75, 3.05) is 5.32 Å². The number of nitrogens with one attached hydrogen (secondary N) is 1.